The number of amides is 1. The van der Waals surface area contributed by atoms with Gasteiger partial charge in [0.25, 0.3) is 0 Å². The first kappa shape index (κ1) is 23.9. The number of sulfone groups is 1. The van der Waals surface area contributed by atoms with Crippen LogP contribution in [0.1, 0.15) is 33.6 Å². The van der Waals surface area contributed by atoms with Crippen molar-refractivity contribution in [1.82, 2.24) is 19.7 Å². The number of anilines is 1. The van der Waals surface area contributed by atoms with Crippen LogP contribution < -0.4 is 15.4 Å². The minimum atomic E-state index is -3.73. The maximum absolute atomic E-state index is 14.4. The number of carbonyl (C=O) groups excluding carboxylic acids is 1. The summed E-state index contributed by atoms with van der Waals surface area (Å²) in [7, 11) is -2.32. The number of imidazole rings is 1. The Bertz CT molecular complexity index is 1350. The number of halogens is 1. The molecular weight excluding hydrogens is 461 g/mol. The lowest BCUT2D eigenvalue weighted by Crippen LogP contribution is -2.28. The summed E-state index contributed by atoms with van der Waals surface area (Å²) >= 11 is 0. The summed E-state index contributed by atoms with van der Waals surface area (Å²) in [4.78, 5) is 19.6. The lowest BCUT2D eigenvalue weighted by Gasteiger charge is -2.21. The molecule has 0 unspecified atom stereocenters. The Kier molecular flexibility index (Phi) is 6.24. The van der Waals surface area contributed by atoms with Gasteiger partial charge in [0.2, 0.25) is 11.9 Å². The van der Waals surface area contributed by atoms with Crippen molar-refractivity contribution in [2.24, 2.45) is 5.92 Å². The topological polar surface area (TPSA) is 115 Å². The van der Waals surface area contributed by atoms with Crippen molar-refractivity contribution in [1.29, 1.82) is 0 Å². The largest absolute Gasteiger partial charge is 0.495 e. The van der Waals surface area contributed by atoms with E-state index >= 15 is 0 Å². The van der Waals surface area contributed by atoms with Gasteiger partial charge in [0, 0.05) is 43.4 Å². The molecule has 0 bridgehead atoms. The van der Waals surface area contributed by atoms with E-state index < -0.39 is 20.5 Å². The van der Waals surface area contributed by atoms with Crippen molar-refractivity contribution in [2.45, 2.75) is 43.3 Å². The van der Waals surface area contributed by atoms with Crippen LogP contribution >= 0.6 is 0 Å². The fourth-order valence-corrected chi connectivity index (χ4v) is 5.21. The lowest BCUT2D eigenvalue weighted by molar-refractivity contribution is -0.119. The van der Waals surface area contributed by atoms with Crippen LogP contribution in [0, 0.1) is 11.9 Å². The van der Waals surface area contributed by atoms with Gasteiger partial charge in [0.1, 0.15) is 22.1 Å². The number of hydrogen-bond acceptors (Lipinski definition) is 7. The monoisotopic (exact) mass is 489 g/mol. The Balaban J connectivity index is 1.68. The summed E-state index contributed by atoms with van der Waals surface area (Å²) in [5, 5.41) is 5.92. The summed E-state index contributed by atoms with van der Waals surface area (Å²) in [5.41, 5.74) is 1.47. The minimum absolute atomic E-state index is 0.0295. The number of nitrogens with zero attached hydrogens (tertiary/aromatic N) is 3. The first-order valence-corrected chi connectivity index (χ1v) is 12.5. The molecule has 1 fully saturated rings. The van der Waals surface area contributed by atoms with E-state index in [2.05, 4.69) is 20.6 Å². The zero-order chi connectivity index (χ0) is 24.7. The lowest BCUT2D eigenvalue weighted by atomic mass is 10.1. The van der Waals surface area contributed by atoms with Crippen LogP contribution in [-0.4, -0.2) is 53.6 Å². The van der Waals surface area contributed by atoms with Gasteiger partial charge < -0.3 is 15.4 Å². The van der Waals surface area contributed by atoms with Crippen LogP contribution in [0.15, 0.2) is 35.5 Å². The van der Waals surface area contributed by atoms with Crippen LogP contribution in [0.25, 0.3) is 16.9 Å². The van der Waals surface area contributed by atoms with Crippen molar-refractivity contribution in [3.63, 3.8) is 0 Å². The first-order valence-electron chi connectivity index (χ1n) is 11.0. The highest BCUT2D eigenvalue weighted by Gasteiger charge is 2.34. The van der Waals surface area contributed by atoms with Gasteiger partial charge in [0.05, 0.1) is 23.7 Å². The second kappa shape index (κ2) is 8.86. The van der Waals surface area contributed by atoms with E-state index in [0.717, 1.165) is 6.42 Å². The fraction of sp³-hybridized carbons (Fsp3) is 0.435. The van der Waals surface area contributed by atoms with Gasteiger partial charge in [0.15, 0.2) is 9.84 Å². The number of nitrogens with one attached hydrogen (secondary N) is 2. The number of pyridine rings is 2. The summed E-state index contributed by atoms with van der Waals surface area (Å²) < 4.78 is 46.7. The molecule has 2 N–H and O–H groups in total. The van der Waals surface area contributed by atoms with Gasteiger partial charge in [-0.05, 0) is 39.2 Å². The van der Waals surface area contributed by atoms with E-state index in [1.54, 1.807) is 43.5 Å². The smallest absolute Gasteiger partial charge is 0.220 e. The molecule has 182 valence electrons. The van der Waals surface area contributed by atoms with Crippen molar-refractivity contribution in [2.75, 3.05) is 25.5 Å². The van der Waals surface area contributed by atoms with Crippen molar-refractivity contribution >= 4 is 27.2 Å². The molecule has 1 atom stereocenters. The Morgan fingerprint density at radius 3 is 2.71 bits per heavy atom. The zero-order valence-corrected chi connectivity index (χ0v) is 20.4. The molecule has 1 amide bonds. The molecule has 4 heterocycles. The molecule has 1 saturated heterocycles. The molecule has 34 heavy (non-hydrogen) atoms. The normalized spacial score (nSPS) is 16.6. The molecule has 11 heteroatoms. The molecule has 3 aromatic heterocycles. The van der Waals surface area contributed by atoms with Gasteiger partial charge in [-0.3, -0.25) is 9.20 Å². The average molecular weight is 490 g/mol. The molecule has 1 aliphatic heterocycles. The summed E-state index contributed by atoms with van der Waals surface area (Å²) in [6, 6.07) is 4.51. The van der Waals surface area contributed by atoms with E-state index in [1.807, 2.05) is 0 Å². The predicted octanol–water partition coefficient (Wildman–Crippen LogP) is 3.05. The summed E-state index contributed by atoms with van der Waals surface area (Å²) in [5.74, 6) is 0.155. The van der Waals surface area contributed by atoms with E-state index in [0.29, 0.717) is 42.2 Å². The number of aromatic nitrogens is 3. The average Bonchev–Trinajstić information content (AvgIpc) is 3.37. The Morgan fingerprint density at radius 1 is 1.29 bits per heavy atom. The second-order valence-electron chi connectivity index (χ2n) is 9.35. The molecule has 0 spiro atoms. The number of carbonyl (C=O) groups is 1. The third-order valence-corrected chi connectivity index (χ3v) is 8.40. The molecule has 1 aliphatic rings. The highest BCUT2D eigenvalue weighted by molar-refractivity contribution is 7.92. The fourth-order valence-electron chi connectivity index (χ4n) is 3.90. The van der Waals surface area contributed by atoms with E-state index in [4.69, 9.17) is 4.74 Å². The summed E-state index contributed by atoms with van der Waals surface area (Å²) in [6.45, 7) is 6.04. The molecule has 0 aromatic carbocycles. The first-order chi connectivity index (χ1) is 16.0. The quantitative estimate of drug-likeness (QED) is 0.490. The van der Waals surface area contributed by atoms with Crippen molar-refractivity contribution in [3.8, 4) is 17.0 Å². The predicted molar refractivity (Wildman–Crippen MR) is 126 cm³/mol. The molecule has 9 nitrogen and oxygen atoms in total. The van der Waals surface area contributed by atoms with Crippen LogP contribution in [-0.2, 0) is 14.6 Å². The van der Waals surface area contributed by atoms with Crippen LogP contribution in [0.5, 0.6) is 5.75 Å². The molecule has 3 aromatic rings. The number of ether oxygens (including phenoxy) is 1. The van der Waals surface area contributed by atoms with E-state index in [1.165, 1.54) is 19.4 Å². The highest BCUT2D eigenvalue weighted by Crippen LogP contribution is 2.34. The summed E-state index contributed by atoms with van der Waals surface area (Å²) in [6.07, 6.45) is 4.26. The third-order valence-electron chi connectivity index (χ3n) is 5.90. The highest BCUT2D eigenvalue weighted by atomic mass is 32.2. The molecule has 4 rings (SSSR count). The molecule has 0 aliphatic carbocycles. The van der Waals surface area contributed by atoms with Crippen LogP contribution in [0.4, 0.5) is 10.2 Å². The zero-order valence-electron chi connectivity index (χ0n) is 19.6. The van der Waals surface area contributed by atoms with Gasteiger partial charge in [-0.1, -0.05) is 0 Å². The Hall–Kier alpha value is -3.21. The van der Waals surface area contributed by atoms with Gasteiger partial charge in [-0.15, -0.1) is 0 Å². The Labute approximate surface area is 197 Å². The number of methoxy groups -OCH3 is 1. The maximum Gasteiger partial charge on any atom is 0.220 e. The molecule has 0 saturated carbocycles. The van der Waals surface area contributed by atoms with Gasteiger partial charge in [-0.25, -0.2) is 18.4 Å². The van der Waals surface area contributed by atoms with Crippen LogP contribution in [0.2, 0.25) is 0 Å². The number of hydrogen-bond donors (Lipinski definition) is 2. The van der Waals surface area contributed by atoms with E-state index in [9.17, 15) is 17.6 Å². The third kappa shape index (κ3) is 4.56. The van der Waals surface area contributed by atoms with Crippen LogP contribution in [0.3, 0.4) is 0 Å². The standard InChI is InChI=1S/C23H28FN5O4S/c1-23(2,3)34(31,32)18-13-29-16(12-26-21(29)10-17(18)33-4)15-8-19(24)28-20(9-15)25-6-5-14-7-22(30)27-11-14/h8-10,12-14H,5-7,11H2,1-4H3,(H,25,28)(H,27,30)/t14-/m0/s1. The minimum Gasteiger partial charge on any atom is -0.495 e. The van der Waals surface area contributed by atoms with Gasteiger partial charge in [-0.2, -0.15) is 4.39 Å². The molecule has 0 radical (unpaired) electrons. The van der Waals surface area contributed by atoms with Gasteiger partial charge >= 0.3 is 0 Å². The van der Waals surface area contributed by atoms with Crippen molar-refractivity contribution < 1.29 is 22.3 Å². The SMILES string of the molecule is COc1cc2ncc(-c3cc(F)nc(NCC[C@@H]4CNC(=O)C4)c3)n2cc1S(=O)(=O)C(C)(C)C. The number of rotatable bonds is 7. The second-order valence-corrected chi connectivity index (χ2v) is 12.0. The van der Waals surface area contributed by atoms with Crippen molar-refractivity contribution in [3.05, 3.63) is 36.5 Å². The Morgan fingerprint density at radius 2 is 2.06 bits per heavy atom. The van der Waals surface area contributed by atoms with E-state index in [-0.39, 0.29) is 22.5 Å². The number of fused-ring (bicyclic) bond motifs is 1. The molecular formula is C23H28FN5O4S. The maximum atomic E-state index is 14.4.